The molecule has 0 amide bonds. The second-order valence-corrected chi connectivity index (χ2v) is 8.89. The summed E-state index contributed by atoms with van der Waals surface area (Å²) in [6.45, 7) is 10.9. The third kappa shape index (κ3) is 3.13. The van der Waals surface area contributed by atoms with Crippen LogP contribution in [-0.4, -0.2) is 37.9 Å². The number of rotatable bonds is 4. The van der Waals surface area contributed by atoms with Gasteiger partial charge in [-0.2, -0.15) is 0 Å². The summed E-state index contributed by atoms with van der Waals surface area (Å²) in [7, 11) is 1.34. The second kappa shape index (κ2) is 7.07. The second-order valence-electron chi connectivity index (χ2n) is 8.89. The van der Waals surface area contributed by atoms with Gasteiger partial charge in [-0.05, 0) is 25.2 Å². The van der Waals surface area contributed by atoms with Crippen LogP contribution >= 0.6 is 0 Å². The Morgan fingerprint density at radius 2 is 2.00 bits per heavy atom. The lowest BCUT2D eigenvalue weighted by Gasteiger charge is -2.42. The Hall–Kier alpha value is -1.64. The largest absolute Gasteiger partial charge is 0.468 e. The van der Waals surface area contributed by atoms with Gasteiger partial charge in [-0.15, -0.1) is 18.4 Å². The zero-order valence-corrected chi connectivity index (χ0v) is 16.8. The summed E-state index contributed by atoms with van der Waals surface area (Å²) in [6.07, 6.45) is 3.63. The topological polar surface area (TPSA) is 61.8 Å². The molecule has 5 heteroatoms. The van der Waals surface area contributed by atoms with Crippen LogP contribution in [0.15, 0.2) is 12.7 Å². The van der Waals surface area contributed by atoms with Crippen LogP contribution in [0.2, 0.25) is 0 Å². The van der Waals surface area contributed by atoms with Crippen LogP contribution in [0, 0.1) is 40.4 Å². The van der Waals surface area contributed by atoms with E-state index < -0.39 is 17.2 Å². The lowest BCUT2D eigenvalue weighted by molar-refractivity contribution is -0.298. The first-order valence-corrected chi connectivity index (χ1v) is 9.66. The van der Waals surface area contributed by atoms with E-state index >= 15 is 0 Å². The summed E-state index contributed by atoms with van der Waals surface area (Å²) in [6, 6.07) is 0. The Kier molecular flexibility index (Phi) is 5.26. The molecule has 2 saturated carbocycles. The van der Waals surface area contributed by atoms with Crippen LogP contribution < -0.4 is 0 Å². The molecule has 0 aromatic rings. The quantitative estimate of drug-likeness (QED) is 0.327. The van der Waals surface area contributed by atoms with Gasteiger partial charge in [0.05, 0.1) is 20.3 Å². The highest BCUT2D eigenvalue weighted by Crippen LogP contribution is 2.62. The van der Waals surface area contributed by atoms with Gasteiger partial charge in [0.15, 0.2) is 11.6 Å². The number of fused-ring (bicyclic) bond motifs is 1. The molecule has 3 rings (SSSR count). The van der Waals surface area contributed by atoms with Gasteiger partial charge in [-0.3, -0.25) is 9.59 Å². The van der Waals surface area contributed by atoms with Crippen molar-refractivity contribution in [3.8, 4) is 11.8 Å². The molecule has 0 bridgehead atoms. The molecular weight excluding hydrogens is 344 g/mol. The predicted octanol–water partition coefficient (Wildman–Crippen LogP) is 3.13. The average Bonchev–Trinajstić information content (AvgIpc) is 3.11. The highest BCUT2D eigenvalue weighted by molar-refractivity contribution is 6.07. The number of hydrogen-bond acceptors (Lipinski definition) is 5. The minimum Gasteiger partial charge on any atom is -0.468 e. The molecule has 5 nitrogen and oxygen atoms in total. The van der Waals surface area contributed by atoms with Crippen molar-refractivity contribution in [1.29, 1.82) is 0 Å². The van der Waals surface area contributed by atoms with E-state index in [1.807, 2.05) is 0 Å². The summed E-state index contributed by atoms with van der Waals surface area (Å²) >= 11 is 0. The molecule has 0 aromatic carbocycles. The van der Waals surface area contributed by atoms with E-state index in [0.717, 1.165) is 0 Å². The first kappa shape index (κ1) is 20.1. The molecule has 0 N–H and O–H groups in total. The SMILES string of the molecule is C=CC[C@H]1C(=O)[C@](CC#CC)(C(=O)OC)[C@@H]2CC3(C[C@@H]21)OCC(C)(C)CO3. The Balaban J connectivity index is 1.99. The Labute approximate surface area is 161 Å². The molecule has 0 unspecified atom stereocenters. The van der Waals surface area contributed by atoms with E-state index in [9.17, 15) is 9.59 Å². The average molecular weight is 374 g/mol. The maximum atomic E-state index is 13.4. The zero-order chi connectivity index (χ0) is 19.9. The fraction of sp³-hybridized carbons (Fsp3) is 0.727. The van der Waals surface area contributed by atoms with Crippen molar-refractivity contribution < 1.29 is 23.8 Å². The Morgan fingerprint density at radius 1 is 1.33 bits per heavy atom. The fourth-order valence-corrected chi connectivity index (χ4v) is 5.13. The van der Waals surface area contributed by atoms with Gasteiger partial charge in [-0.25, -0.2) is 0 Å². The molecule has 3 aliphatic rings. The molecular formula is C22H30O5. The molecule has 1 saturated heterocycles. The highest BCUT2D eigenvalue weighted by Gasteiger charge is 2.70. The van der Waals surface area contributed by atoms with Gasteiger partial charge in [0.25, 0.3) is 0 Å². The Bertz CT molecular complexity index is 687. The van der Waals surface area contributed by atoms with E-state index in [1.54, 1.807) is 13.0 Å². The van der Waals surface area contributed by atoms with Crippen molar-refractivity contribution in [2.75, 3.05) is 20.3 Å². The van der Waals surface area contributed by atoms with Crippen LogP contribution in [-0.2, 0) is 23.8 Å². The van der Waals surface area contributed by atoms with E-state index in [-0.39, 0.29) is 35.4 Å². The number of carbonyl (C=O) groups is 2. The Morgan fingerprint density at radius 3 is 2.56 bits per heavy atom. The van der Waals surface area contributed by atoms with Crippen molar-refractivity contribution >= 4 is 11.8 Å². The van der Waals surface area contributed by atoms with Crippen molar-refractivity contribution in [2.24, 2.45) is 28.6 Å². The van der Waals surface area contributed by atoms with Crippen molar-refractivity contribution in [3.05, 3.63) is 12.7 Å². The molecule has 1 spiro atoms. The summed E-state index contributed by atoms with van der Waals surface area (Å²) in [5.74, 6) is 4.10. The van der Waals surface area contributed by atoms with Gasteiger partial charge >= 0.3 is 5.97 Å². The van der Waals surface area contributed by atoms with Gasteiger partial charge in [0.1, 0.15) is 5.41 Å². The normalized spacial score (nSPS) is 36.0. The summed E-state index contributed by atoms with van der Waals surface area (Å²) in [5, 5.41) is 0. The van der Waals surface area contributed by atoms with Crippen LogP contribution in [0.1, 0.15) is 46.5 Å². The van der Waals surface area contributed by atoms with E-state index in [0.29, 0.717) is 32.5 Å². The van der Waals surface area contributed by atoms with Crippen molar-refractivity contribution in [3.63, 3.8) is 0 Å². The van der Waals surface area contributed by atoms with E-state index in [4.69, 9.17) is 14.2 Å². The number of methoxy groups -OCH3 is 1. The summed E-state index contributed by atoms with van der Waals surface area (Å²) in [5.41, 5.74) is -1.27. The minimum atomic E-state index is -1.24. The smallest absolute Gasteiger partial charge is 0.320 e. The number of hydrogen-bond donors (Lipinski definition) is 0. The lowest BCUT2D eigenvalue weighted by Crippen LogP contribution is -2.49. The van der Waals surface area contributed by atoms with Crippen LogP contribution in [0.25, 0.3) is 0 Å². The van der Waals surface area contributed by atoms with E-state index in [2.05, 4.69) is 32.3 Å². The standard InChI is InChI=1S/C22H30O5/c1-6-8-10-22(19(24)25-5)17-12-21(26-13-20(3,4)14-27-21)11-16(17)15(9-7-2)18(22)23/h7,15-17H,2,9-14H2,1,3-5H3/t15-,16-,17-,22-/m1/s1. The van der Waals surface area contributed by atoms with Gasteiger partial charge in [0, 0.05) is 30.6 Å². The van der Waals surface area contributed by atoms with Crippen LogP contribution in [0.3, 0.4) is 0 Å². The fourth-order valence-electron chi connectivity index (χ4n) is 5.13. The first-order valence-electron chi connectivity index (χ1n) is 9.66. The minimum absolute atomic E-state index is 0.00877. The molecule has 3 fully saturated rings. The number of carbonyl (C=O) groups excluding carboxylic acids is 2. The molecule has 148 valence electrons. The monoisotopic (exact) mass is 374 g/mol. The summed E-state index contributed by atoms with van der Waals surface area (Å²) < 4.78 is 17.5. The molecule has 27 heavy (non-hydrogen) atoms. The van der Waals surface area contributed by atoms with Crippen molar-refractivity contribution in [2.45, 2.75) is 52.2 Å². The predicted molar refractivity (Wildman–Crippen MR) is 100 cm³/mol. The molecule has 2 aliphatic carbocycles. The lowest BCUT2D eigenvalue weighted by atomic mass is 9.72. The third-order valence-electron chi connectivity index (χ3n) is 6.49. The molecule has 1 aliphatic heterocycles. The molecule has 0 aromatic heterocycles. The number of Topliss-reactive ketones (excluding diaryl/α,β-unsaturated/α-hetero) is 1. The molecule has 4 atom stereocenters. The van der Waals surface area contributed by atoms with Crippen molar-refractivity contribution in [1.82, 2.24) is 0 Å². The number of allylic oxidation sites excluding steroid dienone is 1. The van der Waals surface area contributed by atoms with Crippen LogP contribution in [0.4, 0.5) is 0 Å². The number of ketones is 1. The molecule has 0 radical (unpaired) electrons. The number of esters is 1. The van der Waals surface area contributed by atoms with Gasteiger partial charge in [-0.1, -0.05) is 19.9 Å². The highest BCUT2D eigenvalue weighted by atomic mass is 16.7. The first-order chi connectivity index (χ1) is 12.7. The maximum absolute atomic E-state index is 13.4. The zero-order valence-electron chi connectivity index (χ0n) is 16.8. The van der Waals surface area contributed by atoms with Gasteiger partial charge in [0.2, 0.25) is 0 Å². The maximum Gasteiger partial charge on any atom is 0.320 e. The molecule has 1 heterocycles. The van der Waals surface area contributed by atoms with Crippen LogP contribution in [0.5, 0.6) is 0 Å². The number of ether oxygens (including phenoxy) is 3. The summed E-state index contributed by atoms with van der Waals surface area (Å²) in [4.78, 5) is 26.3. The van der Waals surface area contributed by atoms with Gasteiger partial charge < -0.3 is 14.2 Å². The van der Waals surface area contributed by atoms with E-state index in [1.165, 1.54) is 7.11 Å². The third-order valence-corrected chi connectivity index (χ3v) is 6.49.